The van der Waals surface area contributed by atoms with Crippen LogP contribution in [-0.2, 0) is 16.0 Å². The van der Waals surface area contributed by atoms with Crippen molar-refractivity contribution in [2.24, 2.45) is 0 Å². The van der Waals surface area contributed by atoms with Crippen molar-refractivity contribution in [1.29, 1.82) is 0 Å². The standard InChI is InChI=1S/C19H21ClFN3O2/c1-24(13-19(26)23-17-5-3-2-4-16(17)20)12-18(25)22-11-10-14-6-8-15(21)9-7-14/h2-9H,10-13H2,1H3,(H,22,25)(H,23,26). The molecule has 0 aliphatic heterocycles. The molecule has 138 valence electrons. The summed E-state index contributed by atoms with van der Waals surface area (Å²) in [7, 11) is 1.69. The zero-order valence-corrected chi connectivity index (χ0v) is 15.2. The maximum atomic E-state index is 12.8. The van der Waals surface area contributed by atoms with E-state index in [0.717, 1.165) is 5.56 Å². The summed E-state index contributed by atoms with van der Waals surface area (Å²) < 4.78 is 12.8. The number of para-hydroxylation sites is 1. The number of amides is 2. The summed E-state index contributed by atoms with van der Waals surface area (Å²) in [5.74, 6) is -0.714. The Kier molecular flexibility index (Phi) is 7.56. The number of carbonyl (C=O) groups excluding carboxylic acids is 2. The van der Waals surface area contributed by atoms with Gasteiger partial charge in [-0.1, -0.05) is 35.9 Å². The molecule has 2 N–H and O–H groups in total. The number of hydrogen-bond donors (Lipinski definition) is 2. The topological polar surface area (TPSA) is 61.4 Å². The van der Waals surface area contributed by atoms with Gasteiger partial charge < -0.3 is 10.6 Å². The Labute approximate surface area is 157 Å². The van der Waals surface area contributed by atoms with E-state index < -0.39 is 0 Å². The van der Waals surface area contributed by atoms with E-state index in [-0.39, 0.29) is 30.7 Å². The molecule has 0 aliphatic rings. The Morgan fingerprint density at radius 1 is 1.04 bits per heavy atom. The zero-order chi connectivity index (χ0) is 18.9. The predicted molar refractivity (Wildman–Crippen MR) is 101 cm³/mol. The Morgan fingerprint density at radius 2 is 1.69 bits per heavy atom. The van der Waals surface area contributed by atoms with E-state index in [1.807, 2.05) is 0 Å². The van der Waals surface area contributed by atoms with Crippen LogP contribution in [0.15, 0.2) is 48.5 Å². The van der Waals surface area contributed by atoms with Crippen molar-refractivity contribution >= 4 is 29.1 Å². The van der Waals surface area contributed by atoms with E-state index in [1.54, 1.807) is 48.3 Å². The van der Waals surface area contributed by atoms with Crippen LogP contribution in [0.3, 0.4) is 0 Å². The summed E-state index contributed by atoms with van der Waals surface area (Å²) in [5.41, 5.74) is 1.48. The first-order chi connectivity index (χ1) is 12.4. The molecule has 0 fully saturated rings. The van der Waals surface area contributed by atoms with Crippen molar-refractivity contribution in [3.8, 4) is 0 Å². The molecule has 0 saturated carbocycles. The molecule has 0 unspecified atom stereocenters. The van der Waals surface area contributed by atoms with Crippen LogP contribution in [0.2, 0.25) is 5.02 Å². The first-order valence-corrected chi connectivity index (χ1v) is 8.56. The van der Waals surface area contributed by atoms with Crippen LogP contribution in [0.5, 0.6) is 0 Å². The summed E-state index contributed by atoms with van der Waals surface area (Å²) in [6.07, 6.45) is 0.614. The largest absolute Gasteiger partial charge is 0.355 e. The van der Waals surface area contributed by atoms with E-state index >= 15 is 0 Å². The van der Waals surface area contributed by atoms with Crippen LogP contribution in [-0.4, -0.2) is 43.4 Å². The number of anilines is 1. The fraction of sp³-hybridized carbons (Fsp3) is 0.263. The monoisotopic (exact) mass is 377 g/mol. The van der Waals surface area contributed by atoms with Gasteiger partial charge in [0.25, 0.3) is 0 Å². The number of halogens is 2. The maximum Gasteiger partial charge on any atom is 0.238 e. The summed E-state index contributed by atoms with van der Waals surface area (Å²) in [5, 5.41) is 5.95. The molecule has 0 saturated heterocycles. The third kappa shape index (κ3) is 6.82. The highest BCUT2D eigenvalue weighted by molar-refractivity contribution is 6.33. The quantitative estimate of drug-likeness (QED) is 0.743. The predicted octanol–water partition coefficient (Wildman–Crippen LogP) is 2.71. The van der Waals surface area contributed by atoms with Crippen LogP contribution in [0.1, 0.15) is 5.56 Å². The fourth-order valence-electron chi connectivity index (χ4n) is 2.35. The first-order valence-electron chi connectivity index (χ1n) is 8.18. The van der Waals surface area contributed by atoms with Crippen molar-refractivity contribution in [3.05, 3.63) is 64.9 Å². The van der Waals surface area contributed by atoms with E-state index in [4.69, 9.17) is 11.6 Å². The van der Waals surface area contributed by atoms with Gasteiger partial charge in [0.2, 0.25) is 11.8 Å². The van der Waals surface area contributed by atoms with Gasteiger partial charge in [-0.15, -0.1) is 0 Å². The molecule has 0 spiro atoms. The summed E-state index contributed by atoms with van der Waals surface area (Å²) in [6.45, 7) is 0.611. The molecule has 0 radical (unpaired) electrons. The molecular formula is C19H21ClFN3O2. The second-order valence-electron chi connectivity index (χ2n) is 5.93. The van der Waals surface area contributed by atoms with Crippen molar-refractivity contribution < 1.29 is 14.0 Å². The van der Waals surface area contributed by atoms with Crippen molar-refractivity contribution in [3.63, 3.8) is 0 Å². The van der Waals surface area contributed by atoms with Gasteiger partial charge >= 0.3 is 0 Å². The minimum absolute atomic E-state index is 0.0661. The molecule has 7 heteroatoms. The van der Waals surface area contributed by atoms with Crippen LogP contribution in [0.4, 0.5) is 10.1 Å². The third-order valence-corrected chi connectivity index (χ3v) is 3.95. The molecular weight excluding hydrogens is 357 g/mol. The number of hydrogen-bond acceptors (Lipinski definition) is 3. The Morgan fingerprint density at radius 3 is 2.38 bits per heavy atom. The van der Waals surface area contributed by atoms with Gasteiger partial charge in [-0.3, -0.25) is 14.5 Å². The Hall–Kier alpha value is -2.44. The molecule has 0 aliphatic carbocycles. The molecule has 5 nitrogen and oxygen atoms in total. The van der Waals surface area contributed by atoms with Gasteiger partial charge in [-0.25, -0.2) is 4.39 Å². The molecule has 2 rings (SSSR count). The Bertz CT molecular complexity index is 753. The molecule has 0 bridgehead atoms. The second kappa shape index (κ2) is 9.89. The average Bonchev–Trinajstić information content (AvgIpc) is 2.58. The number of nitrogens with one attached hydrogen (secondary N) is 2. The first kappa shape index (κ1) is 19.9. The van der Waals surface area contributed by atoms with Gasteiger partial charge in [-0.2, -0.15) is 0 Å². The SMILES string of the molecule is CN(CC(=O)NCCc1ccc(F)cc1)CC(=O)Nc1ccccc1Cl. The highest BCUT2D eigenvalue weighted by atomic mass is 35.5. The number of nitrogens with zero attached hydrogens (tertiary/aromatic N) is 1. The fourth-order valence-corrected chi connectivity index (χ4v) is 2.53. The normalized spacial score (nSPS) is 10.6. The highest BCUT2D eigenvalue weighted by Crippen LogP contribution is 2.20. The molecule has 2 aromatic rings. The third-order valence-electron chi connectivity index (χ3n) is 3.62. The van der Waals surface area contributed by atoms with Gasteiger partial charge in [0, 0.05) is 6.54 Å². The Balaban J connectivity index is 1.68. The number of likely N-dealkylation sites (N-methyl/N-ethyl adjacent to an activating group) is 1. The molecule has 0 atom stereocenters. The second-order valence-corrected chi connectivity index (χ2v) is 6.33. The summed E-state index contributed by atoms with van der Waals surface area (Å²) in [4.78, 5) is 25.5. The lowest BCUT2D eigenvalue weighted by Gasteiger charge is -2.16. The minimum atomic E-state index is -0.283. The van der Waals surface area contributed by atoms with E-state index in [2.05, 4.69) is 10.6 Å². The lowest BCUT2D eigenvalue weighted by Crippen LogP contribution is -2.39. The van der Waals surface area contributed by atoms with Crippen LogP contribution >= 0.6 is 11.6 Å². The van der Waals surface area contributed by atoms with E-state index in [1.165, 1.54) is 12.1 Å². The van der Waals surface area contributed by atoms with Crippen LogP contribution in [0.25, 0.3) is 0 Å². The van der Waals surface area contributed by atoms with Gasteiger partial charge in [0.1, 0.15) is 5.82 Å². The van der Waals surface area contributed by atoms with Gasteiger partial charge in [0.15, 0.2) is 0 Å². The average molecular weight is 378 g/mol. The number of rotatable bonds is 8. The van der Waals surface area contributed by atoms with Gasteiger partial charge in [0.05, 0.1) is 23.8 Å². The molecule has 2 aromatic carbocycles. The molecule has 26 heavy (non-hydrogen) atoms. The number of carbonyl (C=O) groups is 2. The van der Waals surface area contributed by atoms with Gasteiger partial charge in [-0.05, 0) is 43.3 Å². The lowest BCUT2D eigenvalue weighted by molar-refractivity contribution is -0.122. The summed E-state index contributed by atoms with van der Waals surface area (Å²) in [6, 6.07) is 13.1. The highest BCUT2D eigenvalue weighted by Gasteiger charge is 2.11. The molecule has 0 heterocycles. The maximum absolute atomic E-state index is 12.8. The van der Waals surface area contributed by atoms with Crippen LogP contribution in [0, 0.1) is 5.82 Å². The van der Waals surface area contributed by atoms with Crippen molar-refractivity contribution in [2.75, 3.05) is 32.0 Å². The van der Waals surface area contributed by atoms with Crippen molar-refractivity contribution in [1.82, 2.24) is 10.2 Å². The molecule has 2 amide bonds. The lowest BCUT2D eigenvalue weighted by atomic mass is 10.1. The molecule has 0 aromatic heterocycles. The zero-order valence-electron chi connectivity index (χ0n) is 14.5. The minimum Gasteiger partial charge on any atom is -0.355 e. The van der Waals surface area contributed by atoms with Crippen LogP contribution < -0.4 is 10.6 Å². The number of benzene rings is 2. The van der Waals surface area contributed by atoms with Crippen molar-refractivity contribution in [2.45, 2.75) is 6.42 Å². The van der Waals surface area contributed by atoms with E-state index in [9.17, 15) is 14.0 Å². The van der Waals surface area contributed by atoms with E-state index in [0.29, 0.717) is 23.7 Å². The smallest absolute Gasteiger partial charge is 0.238 e. The summed E-state index contributed by atoms with van der Waals surface area (Å²) >= 11 is 5.99.